The standard InChI is InChI=1S/C12H14BrF3N2/c1-3-18(4-2)11(17)9-6-5-8(13)7-10(9)12(14,15)16/h5-7,17H,3-4H2,1-2H3. The molecule has 0 atom stereocenters. The van der Waals surface area contributed by atoms with Crippen molar-refractivity contribution in [3.8, 4) is 0 Å². The maximum atomic E-state index is 12.9. The lowest BCUT2D eigenvalue weighted by molar-refractivity contribution is -0.137. The van der Waals surface area contributed by atoms with E-state index in [0.29, 0.717) is 17.6 Å². The highest BCUT2D eigenvalue weighted by Gasteiger charge is 2.35. The Hall–Kier alpha value is -1.04. The SMILES string of the molecule is CCN(CC)C(=N)c1ccc(Br)cc1C(F)(F)F. The van der Waals surface area contributed by atoms with Gasteiger partial charge < -0.3 is 4.90 Å². The highest BCUT2D eigenvalue weighted by molar-refractivity contribution is 9.10. The van der Waals surface area contributed by atoms with Gasteiger partial charge in [0.15, 0.2) is 0 Å². The predicted molar refractivity (Wildman–Crippen MR) is 68.9 cm³/mol. The van der Waals surface area contributed by atoms with Gasteiger partial charge in [-0.3, -0.25) is 5.41 Å². The summed E-state index contributed by atoms with van der Waals surface area (Å²) in [6.45, 7) is 4.62. The van der Waals surface area contributed by atoms with Crippen molar-refractivity contribution >= 4 is 21.8 Å². The van der Waals surface area contributed by atoms with Crippen LogP contribution >= 0.6 is 15.9 Å². The number of benzene rings is 1. The number of hydrogen-bond acceptors (Lipinski definition) is 1. The van der Waals surface area contributed by atoms with E-state index in [4.69, 9.17) is 5.41 Å². The van der Waals surface area contributed by atoms with E-state index in [1.165, 1.54) is 12.1 Å². The van der Waals surface area contributed by atoms with Crippen molar-refractivity contribution in [2.24, 2.45) is 0 Å². The fraction of sp³-hybridized carbons (Fsp3) is 0.417. The summed E-state index contributed by atoms with van der Waals surface area (Å²) in [5.74, 6) is -0.0974. The van der Waals surface area contributed by atoms with E-state index in [1.807, 2.05) is 13.8 Å². The topological polar surface area (TPSA) is 27.1 Å². The van der Waals surface area contributed by atoms with Crippen LogP contribution in [0, 0.1) is 5.41 Å². The van der Waals surface area contributed by atoms with Crippen molar-refractivity contribution in [1.29, 1.82) is 5.41 Å². The number of amidine groups is 1. The van der Waals surface area contributed by atoms with E-state index >= 15 is 0 Å². The third-order valence-corrected chi connectivity index (χ3v) is 3.12. The van der Waals surface area contributed by atoms with Crippen molar-refractivity contribution in [3.63, 3.8) is 0 Å². The Bertz CT molecular complexity index is 439. The molecule has 100 valence electrons. The van der Waals surface area contributed by atoms with Crippen LogP contribution in [0.5, 0.6) is 0 Å². The molecule has 0 radical (unpaired) electrons. The van der Waals surface area contributed by atoms with Gasteiger partial charge in [0.05, 0.1) is 5.56 Å². The minimum Gasteiger partial charge on any atom is -0.357 e. The van der Waals surface area contributed by atoms with Gasteiger partial charge in [0.1, 0.15) is 5.84 Å². The third-order valence-electron chi connectivity index (χ3n) is 2.62. The number of rotatable bonds is 3. The predicted octanol–water partition coefficient (Wildman–Crippen LogP) is 4.14. The van der Waals surface area contributed by atoms with Gasteiger partial charge in [-0.15, -0.1) is 0 Å². The second kappa shape index (κ2) is 5.73. The molecule has 6 heteroatoms. The molecular formula is C12H14BrF3N2. The molecule has 0 aromatic heterocycles. The number of hydrogen-bond donors (Lipinski definition) is 1. The molecule has 0 amide bonds. The van der Waals surface area contributed by atoms with E-state index in [1.54, 1.807) is 4.90 Å². The summed E-state index contributed by atoms with van der Waals surface area (Å²) >= 11 is 3.02. The molecule has 0 bridgehead atoms. The van der Waals surface area contributed by atoms with Gasteiger partial charge in [-0.25, -0.2) is 0 Å². The van der Waals surface area contributed by atoms with E-state index in [2.05, 4.69) is 15.9 Å². The minimum absolute atomic E-state index is 0.0885. The summed E-state index contributed by atoms with van der Waals surface area (Å²) in [5.41, 5.74) is -0.872. The zero-order valence-corrected chi connectivity index (χ0v) is 11.7. The first kappa shape index (κ1) is 15.0. The molecule has 2 nitrogen and oxygen atoms in total. The molecule has 1 aromatic carbocycles. The monoisotopic (exact) mass is 322 g/mol. The minimum atomic E-state index is -4.46. The fourth-order valence-corrected chi connectivity index (χ4v) is 2.03. The molecule has 1 rings (SSSR count). The van der Waals surface area contributed by atoms with Crippen LogP contribution in [0.15, 0.2) is 22.7 Å². The molecule has 0 spiro atoms. The molecule has 18 heavy (non-hydrogen) atoms. The molecule has 1 aromatic rings. The first-order valence-corrected chi connectivity index (χ1v) is 6.31. The Labute approximate surface area is 112 Å². The van der Waals surface area contributed by atoms with E-state index in [-0.39, 0.29) is 11.4 Å². The molecule has 0 fully saturated rings. The van der Waals surface area contributed by atoms with Gasteiger partial charge in [-0.05, 0) is 32.0 Å². The van der Waals surface area contributed by atoms with Crippen LogP contribution in [0.3, 0.4) is 0 Å². The highest BCUT2D eigenvalue weighted by Crippen LogP contribution is 2.34. The van der Waals surface area contributed by atoms with Gasteiger partial charge >= 0.3 is 6.18 Å². The fourth-order valence-electron chi connectivity index (χ4n) is 1.67. The van der Waals surface area contributed by atoms with Crippen LogP contribution in [0.25, 0.3) is 0 Å². The lowest BCUT2D eigenvalue weighted by atomic mass is 10.1. The van der Waals surface area contributed by atoms with Crippen molar-refractivity contribution in [2.45, 2.75) is 20.0 Å². The van der Waals surface area contributed by atoms with Crippen LogP contribution in [0.2, 0.25) is 0 Å². The molecule has 0 saturated heterocycles. The van der Waals surface area contributed by atoms with Gasteiger partial charge in [-0.2, -0.15) is 13.2 Å². The summed E-state index contributed by atoms with van der Waals surface area (Å²) in [6, 6.07) is 3.85. The smallest absolute Gasteiger partial charge is 0.357 e. The van der Waals surface area contributed by atoms with Crippen LogP contribution in [-0.2, 0) is 6.18 Å². The zero-order chi connectivity index (χ0) is 13.9. The van der Waals surface area contributed by atoms with Crippen LogP contribution < -0.4 is 0 Å². The average Bonchev–Trinajstić information content (AvgIpc) is 2.29. The first-order valence-electron chi connectivity index (χ1n) is 5.51. The summed E-state index contributed by atoms with van der Waals surface area (Å²) in [5, 5.41) is 7.89. The number of alkyl halides is 3. The summed E-state index contributed by atoms with van der Waals surface area (Å²) in [7, 11) is 0. The number of nitrogens with one attached hydrogen (secondary N) is 1. The Morgan fingerprint density at radius 1 is 1.28 bits per heavy atom. The number of halogens is 4. The van der Waals surface area contributed by atoms with Crippen molar-refractivity contribution in [3.05, 3.63) is 33.8 Å². The maximum absolute atomic E-state index is 12.9. The molecule has 1 N–H and O–H groups in total. The number of nitrogens with zero attached hydrogens (tertiary/aromatic N) is 1. The Kier molecular flexibility index (Phi) is 4.78. The quantitative estimate of drug-likeness (QED) is 0.657. The highest BCUT2D eigenvalue weighted by atomic mass is 79.9. The average molecular weight is 323 g/mol. The maximum Gasteiger partial charge on any atom is 0.417 e. The van der Waals surface area contributed by atoms with Gasteiger partial charge in [0, 0.05) is 23.1 Å². The van der Waals surface area contributed by atoms with Crippen LogP contribution in [-0.4, -0.2) is 23.8 Å². The largest absolute Gasteiger partial charge is 0.417 e. The normalized spacial score (nSPS) is 11.4. The Morgan fingerprint density at radius 2 is 1.83 bits per heavy atom. The van der Waals surface area contributed by atoms with Crippen molar-refractivity contribution < 1.29 is 13.2 Å². The van der Waals surface area contributed by atoms with Crippen LogP contribution in [0.4, 0.5) is 13.2 Å². The lowest BCUT2D eigenvalue weighted by Gasteiger charge is -2.24. The lowest BCUT2D eigenvalue weighted by Crippen LogP contribution is -2.32. The van der Waals surface area contributed by atoms with E-state index in [9.17, 15) is 13.2 Å². The second-order valence-electron chi connectivity index (χ2n) is 3.71. The van der Waals surface area contributed by atoms with Crippen LogP contribution in [0.1, 0.15) is 25.0 Å². The Balaban J connectivity index is 3.28. The summed E-state index contributed by atoms with van der Waals surface area (Å²) in [6.07, 6.45) is -4.46. The first-order chi connectivity index (χ1) is 8.31. The van der Waals surface area contributed by atoms with Gasteiger partial charge in [-0.1, -0.05) is 15.9 Å². The van der Waals surface area contributed by atoms with Crippen molar-refractivity contribution in [1.82, 2.24) is 4.90 Å². The van der Waals surface area contributed by atoms with Gasteiger partial charge in [0.25, 0.3) is 0 Å². The van der Waals surface area contributed by atoms with E-state index in [0.717, 1.165) is 6.07 Å². The molecule has 0 heterocycles. The molecule has 0 aliphatic carbocycles. The summed E-state index contributed by atoms with van der Waals surface area (Å²) < 4.78 is 39.1. The molecule has 0 aliphatic heterocycles. The van der Waals surface area contributed by atoms with Crippen molar-refractivity contribution in [2.75, 3.05) is 13.1 Å². The molecule has 0 saturated carbocycles. The molecular weight excluding hydrogens is 309 g/mol. The van der Waals surface area contributed by atoms with E-state index < -0.39 is 11.7 Å². The molecule has 0 aliphatic rings. The molecule has 0 unspecified atom stereocenters. The van der Waals surface area contributed by atoms with Gasteiger partial charge in [0.2, 0.25) is 0 Å². The third kappa shape index (κ3) is 3.25. The zero-order valence-electron chi connectivity index (χ0n) is 10.1. The second-order valence-corrected chi connectivity index (χ2v) is 4.62. The summed E-state index contributed by atoms with van der Waals surface area (Å²) in [4.78, 5) is 1.58. The Morgan fingerprint density at radius 3 is 2.28 bits per heavy atom.